The highest BCUT2D eigenvalue weighted by atomic mass is 19.4. The van der Waals surface area contributed by atoms with Crippen molar-refractivity contribution in [3.8, 4) is 16.8 Å². The van der Waals surface area contributed by atoms with Crippen LogP contribution in [0.4, 0.5) is 27.8 Å². The summed E-state index contributed by atoms with van der Waals surface area (Å²) in [5, 5.41) is 8.63. The number of aromatic nitrogens is 8. The van der Waals surface area contributed by atoms with Crippen LogP contribution in [-0.2, 0) is 6.18 Å². The Morgan fingerprint density at radius 2 is 1.75 bits per heavy atom. The van der Waals surface area contributed by atoms with Crippen molar-refractivity contribution in [3.63, 3.8) is 0 Å². The summed E-state index contributed by atoms with van der Waals surface area (Å²) in [6.45, 7) is 1.89. The number of alkyl halides is 3. The van der Waals surface area contributed by atoms with Crippen LogP contribution in [0.15, 0.2) is 49.3 Å². The van der Waals surface area contributed by atoms with Crippen LogP contribution in [0.3, 0.4) is 0 Å². The molecular weight excluding hydrogens is 485 g/mol. The molecule has 0 amide bonds. The van der Waals surface area contributed by atoms with Crippen molar-refractivity contribution in [2.45, 2.75) is 25.6 Å². The molecule has 1 aromatic carbocycles. The molecule has 0 radical (unpaired) electrons. The van der Waals surface area contributed by atoms with Gasteiger partial charge in [0, 0.05) is 35.8 Å². The first kappa shape index (κ1) is 23.3. The van der Waals surface area contributed by atoms with E-state index >= 15 is 0 Å². The second-order valence-electron chi connectivity index (χ2n) is 7.81. The average molecular weight is 501 g/mol. The van der Waals surface area contributed by atoms with E-state index in [1.165, 1.54) is 17.1 Å². The molecule has 5 aromatic rings. The maximum absolute atomic E-state index is 13.7. The number of hydrogen-bond acceptors (Lipinski definition) is 7. The standard InChI is InChI=1S/C22H16F5N9/c1-2-17(16-9-36(34-33-16)12-3-4-14(23)15(24)5-12)35-8-13(18-19(28)31-10-32-20(18)35)11-6-29-21(30-7-11)22(25,26)27/h3-10,17H,2H2,1H3,(H2,28,31,32)/t17-/m0/s1. The number of halogens is 5. The highest BCUT2D eigenvalue weighted by Crippen LogP contribution is 2.36. The van der Waals surface area contributed by atoms with Gasteiger partial charge in [-0.05, 0) is 18.6 Å². The Morgan fingerprint density at radius 3 is 2.42 bits per heavy atom. The van der Waals surface area contributed by atoms with E-state index in [1.54, 1.807) is 17.0 Å². The summed E-state index contributed by atoms with van der Waals surface area (Å²) < 4.78 is 68.8. The number of benzene rings is 1. The second-order valence-corrected chi connectivity index (χ2v) is 7.81. The molecule has 0 unspecified atom stereocenters. The normalized spacial score (nSPS) is 12.8. The summed E-state index contributed by atoms with van der Waals surface area (Å²) in [7, 11) is 0. The largest absolute Gasteiger partial charge is 0.451 e. The van der Waals surface area contributed by atoms with E-state index in [2.05, 4.69) is 30.2 Å². The molecule has 0 saturated heterocycles. The first-order valence-corrected chi connectivity index (χ1v) is 10.6. The van der Waals surface area contributed by atoms with Gasteiger partial charge in [-0.25, -0.2) is 33.4 Å². The van der Waals surface area contributed by atoms with E-state index in [-0.39, 0.29) is 17.1 Å². The fourth-order valence-corrected chi connectivity index (χ4v) is 3.91. The quantitative estimate of drug-likeness (QED) is 0.356. The number of rotatable bonds is 5. The number of nitrogens with zero attached hydrogens (tertiary/aromatic N) is 8. The fourth-order valence-electron chi connectivity index (χ4n) is 3.91. The lowest BCUT2D eigenvalue weighted by Gasteiger charge is -2.15. The average Bonchev–Trinajstić information content (AvgIpc) is 3.48. The Bertz CT molecular complexity index is 1560. The molecule has 0 aliphatic heterocycles. The second kappa shape index (κ2) is 8.62. The molecular formula is C22H16F5N9. The zero-order chi connectivity index (χ0) is 25.6. The summed E-state index contributed by atoms with van der Waals surface area (Å²) in [5.74, 6) is -3.15. The van der Waals surface area contributed by atoms with E-state index < -0.39 is 29.7 Å². The van der Waals surface area contributed by atoms with E-state index in [4.69, 9.17) is 5.73 Å². The number of anilines is 1. The third-order valence-electron chi connectivity index (χ3n) is 5.60. The van der Waals surface area contributed by atoms with E-state index in [9.17, 15) is 22.0 Å². The van der Waals surface area contributed by atoms with Crippen LogP contribution >= 0.6 is 0 Å². The van der Waals surface area contributed by atoms with Gasteiger partial charge >= 0.3 is 6.18 Å². The minimum absolute atomic E-state index is 0.119. The Labute approximate surface area is 199 Å². The molecule has 0 aliphatic carbocycles. The van der Waals surface area contributed by atoms with Gasteiger partial charge < -0.3 is 10.3 Å². The highest BCUT2D eigenvalue weighted by Gasteiger charge is 2.34. The lowest BCUT2D eigenvalue weighted by Crippen LogP contribution is -2.10. The van der Waals surface area contributed by atoms with Gasteiger partial charge in [-0.3, -0.25) is 0 Å². The number of hydrogen-bond donors (Lipinski definition) is 1. The molecule has 14 heteroatoms. The highest BCUT2D eigenvalue weighted by molar-refractivity contribution is 6.00. The van der Waals surface area contributed by atoms with Crippen molar-refractivity contribution >= 4 is 16.9 Å². The minimum atomic E-state index is -4.68. The molecule has 4 heterocycles. The molecule has 0 spiro atoms. The summed E-state index contributed by atoms with van der Waals surface area (Å²) >= 11 is 0. The zero-order valence-electron chi connectivity index (χ0n) is 18.4. The van der Waals surface area contributed by atoms with Gasteiger partial charge in [0.05, 0.1) is 23.3 Å². The Kier molecular flexibility index (Phi) is 5.57. The van der Waals surface area contributed by atoms with Gasteiger partial charge in [-0.15, -0.1) is 5.10 Å². The smallest absolute Gasteiger partial charge is 0.383 e. The summed E-state index contributed by atoms with van der Waals surface area (Å²) in [4.78, 5) is 15.2. The molecule has 1 atom stereocenters. The van der Waals surface area contributed by atoms with E-state index in [0.717, 1.165) is 24.5 Å². The van der Waals surface area contributed by atoms with Crippen LogP contribution in [0.2, 0.25) is 0 Å². The van der Waals surface area contributed by atoms with E-state index in [1.807, 2.05) is 6.92 Å². The number of nitrogens with two attached hydrogens (primary N) is 1. The first-order valence-electron chi connectivity index (χ1n) is 10.6. The van der Waals surface area contributed by atoms with Crippen molar-refractivity contribution in [2.24, 2.45) is 0 Å². The predicted molar refractivity (Wildman–Crippen MR) is 118 cm³/mol. The Hall–Kier alpha value is -4.49. The molecule has 4 aromatic heterocycles. The van der Waals surface area contributed by atoms with Gasteiger partial charge in [-0.1, -0.05) is 12.1 Å². The zero-order valence-corrected chi connectivity index (χ0v) is 18.4. The van der Waals surface area contributed by atoms with Crippen LogP contribution in [0, 0.1) is 11.6 Å². The Morgan fingerprint density at radius 1 is 1.00 bits per heavy atom. The van der Waals surface area contributed by atoms with Crippen LogP contribution in [-0.4, -0.2) is 39.5 Å². The van der Waals surface area contributed by atoms with Crippen molar-refractivity contribution < 1.29 is 22.0 Å². The molecule has 5 rings (SSSR count). The van der Waals surface area contributed by atoms with Crippen LogP contribution in [0.1, 0.15) is 30.9 Å². The SMILES string of the molecule is CC[C@@H](c1cn(-c2ccc(F)c(F)c2)nn1)n1cc(-c2cnc(C(F)(F)F)nc2)c2c(N)ncnc21. The van der Waals surface area contributed by atoms with Gasteiger partial charge in [0.25, 0.3) is 0 Å². The lowest BCUT2D eigenvalue weighted by molar-refractivity contribution is -0.144. The summed E-state index contributed by atoms with van der Waals surface area (Å²) in [6, 6.07) is 2.90. The van der Waals surface area contributed by atoms with Gasteiger partial charge in [0.2, 0.25) is 5.82 Å². The van der Waals surface area contributed by atoms with E-state index in [0.29, 0.717) is 28.7 Å². The molecule has 36 heavy (non-hydrogen) atoms. The molecule has 9 nitrogen and oxygen atoms in total. The van der Waals surface area contributed by atoms with Gasteiger partial charge in [0.15, 0.2) is 11.6 Å². The molecule has 0 saturated carbocycles. The van der Waals surface area contributed by atoms with Crippen molar-refractivity contribution in [3.05, 3.63) is 72.5 Å². The Balaban J connectivity index is 1.60. The van der Waals surface area contributed by atoms with Gasteiger partial charge in [-0.2, -0.15) is 13.2 Å². The van der Waals surface area contributed by atoms with Crippen LogP contribution in [0.25, 0.3) is 27.8 Å². The van der Waals surface area contributed by atoms with Crippen molar-refractivity contribution in [1.29, 1.82) is 0 Å². The number of nitrogen functional groups attached to an aromatic ring is 1. The lowest BCUT2D eigenvalue weighted by atomic mass is 10.1. The first-order chi connectivity index (χ1) is 17.2. The van der Waals surface area contributed by atoms with Crippen LogP contribution < -0.4 is 5.73 Å². The maximum atomic E-state index is 13.7. The van der Waals surface area contributed by atoms with Gasteiger partial charge in [0.1, 0.15) is 23.5 Å². The fraction of sp³-hybridized carbons (Fsp3) is 0.182. The summed E-state index contributed by atoms with van der Waals surface area (Å²) in [5.41, 5.74) is 7.99. The topological polar surface area (TPSA) is 113 Å². The molecule has 0 aliphatic rings. The molecule has 0 fully saturated rings. The van der Waals surface area contributed by atoms with Crippen molar-refractivity contribution in [1.82, 2.24) is 39.5 Å². The summed E-state index contributed by atoms with van der Waals surface area (Å²) in [6.07, 6.45) is 2.44. The molecule has 184 valence electrons. The minimum Gasteiger partial charge on any atom is -0.383 e. The van der Waals surface area contributed by atoms with Crippen molar-refractivity contribution in [2.75, 3.05) is 5.73 Å². The molecule has 0 bridgehead atoms. The third kappa shape index (κ3) is 3.99. The monoisotopic (exact) mass is 501 g/mol. The molecule has 2 N–H and O–H groups in total. The predicted octanol–water partition coefficient (Wildman–Crippen LogP) is 4.35. The maximum Gasteiger partial charge on any atom is 0.451 e. The van der Waals surface area contributed by atoms with Crippen LogP contribution in [0.5, 0.6) is 0 Å². The number of fused-ring (bicyclic) bond motifs is 1. The third-order valence-corrected chi connectivity index (χ3v) is 5.60.